The first-order chi connectivity index (χ1) is 13.9. The van der Waals surface area contributed by atoms with Gasteiger partial charge in [-0.15, -0.1) is 0 Å². The number of amides is 2. The van der Waals surface area contributed by atoms with Crippen LogP contribution in [-0.2, 0) is 4.79 Å². The summed E-state index contributed by atoms with van der Waals surface area (Å²) in [5.41, 5.74) is 0.733. The number of anilines is 2. The van der Waals surface area contributed by atoms with Gasteiger partial charge in [0.2, 0.25) is 6.41 Å². The topological polar surface area (TPSA) is 104 Å². The summed E-state index contributed by atoms with van der Waals surface area (Å²) >= 11 is 0. The van der Waals surface area contributed by atoms with E-state index in [0.717, 1.165) is 19.5 Å². The number of aryl methyl sites for hydroxylation is 1. The minimum absolute atomic E-state index is 0.112. The van der Waals surface area contributed by atoms with E-state index in [2.05, 4.69) is 20.3 Å². The van der Waals surface area contributed by atoms with E-state index in [1.54, 1.807) is 18.9 Å². The second-order valence-corrected chi connectivity index (χ2v) is 7.07. The van der Waals surface area contributed by atoms with Crippen molar-refractivity contribution in [2.24, 2.45) is 5.92 Å². The molecule has 0 aliphatic carbocycles. The molecule has 0 spiro atoms. The Kier molecular flexibility index (Phi) is 4.83. The van der Waals surface area contributed by atoms with Gasteiger partial charge in [-0.3, -0.25) is 9.59 Å². The molecule has 1 aliphatic rings. The number of oxazole rings is 1. The molecule has 9 nitrogen and oxygen atoms in total. The highest BCUT2D eigenvalue weighted by atomic mass is 19.1. The van der Waals surface area contributed by atoms with Crippen LogP contribution < -0.4 is 10.2 Å². The number of halogens is 1. The van der Waals surface area contributed by atoms with Gasteiger partial charge in [-0.2, -0.15) is 0 Å². The van der Waals surface area contributed by atoms with Crippen LogP contribution in [-0.4, -0.2) is 58.9 Å². The molecule has 0 unspecified atom stereocenters. The zero-order valence-corrected chi connectivity index (χ0v) is 15.9. The Morgan fingerprint density at radius 3 is 2.86 bits per heavy atom. The number of aromatic nitrogens is 3. The molecule has 10 heteroatoms. The van der Waals surface area contributed by atoms with Crippen molar-refractivity contribution < 1.29 is 18.4 Å². The molecule has 2 aromatic heterocycles. The van der Waals surface area contributed by atoms with E-state index in [-0.39, 0.29) is 22.5 Å². The molecule has 0 atom stereocenters. The van der Waals surface area contributed by atoms with Crippen molar-refractivity contribution in [3.8, 4) is 0 Å². The Bertz CT molecular complexity index is 1060. The maximum atomic E-state index is 14.1. The lowest BCUT2D eigenvalue weighted by atomic mass is 10.00. The third-order valence-electron chi connectivity index (χ3n) is 4.69. The Hall–Kier alpha value is -3.56. The number of carbonyl (C=O) groups is 2. The van der Waals surface area contributed by atoms with E-state index in [4.69, 9.17) is 4.42 Å². The van der Waals surface area contributed by atoms with Crippen molar-refractivity contribution >= 4 is 34.9 Å². The SMILES string of the molecule is Cc1nc2c(F)cc(NC(=O)c3cnc(N4CC(CN(C)C=O)C4)cn3)cc2o1. The van der Waals surface area contributed by atoms with Crippen LogP contribution in [0, 0.1) is 18.7 Å². The first-order valence-corrected chi connectivity index (χ1v) is 9.03. The van der Waals surface area contributed by atoms with Crippen LogP contribution in [0.4, 0.5) is 15.9 Å². The zero-order valence-electron chi connectivity index (χ0n) is 15.9. The van der Waals surface area contributed by atoms with Crippen LogP contribution in [0.15, 0.2) is 28.9 Å². The van der Waals surface area contributed by atoms with Crippen molar-refractivity contribution in [2.75, 3.05) is 36.9 Å². The van der Waals surface area contributed by atoms with E-state index in [0.29, 0.717) is 24.2 Å². The highest BCUT2D eigenvalue weighted by Gasteiger charge is 2.28. The lowest BCUT2D eigenvalue weighted by Gasteiger charge is -2.41. The molecule has 1 fully saturated rings. The summed E-state index contributed by atoms with van der Waals surface area (Å²) < 4.78 is 19.4. The Morgan fingerprint density at radius 2 is 2.17 bits per heavy atom. The van der Waals surface area contributed by atoms with Crippen molar-refractivity contribution in [1.82, 2.24) is 19.9 Å². The second kappa shape index (κ2) is 7.46. The van der Waals surface area contributed by atoms with Crippen LogP contribution in [0.2, 0.25) is 0 Å². The van der Waals surface area contributed by atoms with Gasteiger partial charge in [0.1, 0.15) is 17.0 Å². The first-order valence-electron chi connectivity index (χ1n) is 9.03. The van der Waals surface area contributed by atoms with E-state index >= 15 is 0 Å². The minimum Gasteiger partial charge on any atom is -0.441 e. The summed E-state index contributed by atoms with van der Waals surface area (Å²) in [7, 11) is 1.75. The van der Waals surface area contributed by atoms with Crippen LogP contribution >= 0.6 is 0 Å². The Morgan fingerprint density at radius 1 is 1.38 bits per heavy atom. The number of hydrogen-bond donors (Lipinski definition) is 1. The van der Waals surface area contributed by atoms with Crippen LogP contribution in [0.5, 0.6) is 0 Å². The Labute approximate surface area is 165 Å². The van der Waals surface area contributed by atoms with E-state index < -0.39 is 11.7 Å². The van der Waals surface area contributed by atoms with E-state index in [9.17, 15) is 14.0 Å². The summed E-state index contributed by atoms with van der Waals surface area (Å²) in [4.78, 5) is 39.1. The summed E-state index contributed by atoms with van der Waals surface area (Å²) in [6.45, 7) is 3.86. The zero-order chi connectivity index (χ0) is 20.5. The molecular weight excluding hydrogens is 379 g/mol. The third-order valence-corrected chi connectivity index (χ3v) is 4.69. The van der Waals surface area contributed by atoms with Gasteiger partial charge in [-0.05, 0) is 6.07 Å². The second-order valence-electron chi connectivity index (χ2n) is 7.07. The average Bonchev–Trinajstić information content (AvgIpc) is 3.05. The van der Waals surface area contributed by atoms with Crippen LogP contribution in [0.3, 0.4) is 0 Å². The van der Waals surface area contributed by atoms with Gasteiger partial charge in [0.15, 0.2) is 17.3 Å². The number of fused-ring (bicyclic) bond motifs is 1. The van der Waals surface area contributed by atoms with Gasteiger partial charge in [-0.25, -0.2) is 19.3 Å². The smallest absolute Gasteiger partial charge is 0.275 e. The molecule has 1 aromatic carbocycles. The average molecular weight is 398 g/mol. The predicted molar refractivity (Wildman–Crippen MR) is 103 cm³/mol. The van der Waals surface area contributed by atoms with E-state index in [1.165, 1.54) is 24.5 Å². The minimum atomic E-state index is -0.580. The van der Waals surface area contributed by atoms with Gasteiger partial charge < -0.3 is 19.5 Å². The quantitative estimate of drug-likeness (QED) is 0.632. The molecule has 29 heavy (non-hydrogen) atoms. The Balaban J connectivity index is 1.39. The molecule has 3 aromatic rings. The third kappa shape index (κ3) is 3.86. The van der Waals surface area contributed by atoms with Gasteiger partial charge in [-0.1, -0.05) is 0 Å². The number of nitrogens with zero attached hydrogens (tertiary/aromatic N) is 5. The summed E-state index contributed by atoms with van der Waals surface area (Å²) in [6, 6.07) is 2.69. The molecular formula is C19H19FN6O3. The number of nitrogens with one attached hydrogen (secondary N) is 1. The monoisotopic (exact) mass is 398 g/mol. The van der Waals surface area contributed by atoms with Crippen LogP contribution in [0.1, 0.15) is 16.4 Å². The maximum Gasteiger partial charge on any atom is 0.275 e. The summed E-state index contributed by atoms with van der Waals surface area (Å²) in [5, 5.41) is 2.59. The lowest BCUT2D eigenvalue weighted by molar-refractivity contribution is -0.117. The fraction of sp³-hybridized carbons (Fsp3) is 0.316. The normalized spacial score (nSPS) is 14.0. The predicted octanol–water partition coefficient (Wildman–Crippen LogP) is 1.84. The maximum absolute atomic E-state index is 14.1. The molecule has 3 heterocycles. The van der Waals surface area contributed by atoms with Gasteiger partial charge in [0.05, 0.1) is 12.4 Å². The van der Waals surface area contributed by atoms with Gasteiger partial charge in [0.25, 0.3) is 5.91 Å². The molecule has 1 aliphatic heterocycles. The molecule has 150 valence electrons. The molecule has 0 radical (unpaired) electrons. The standard InChI is InChI=1S/C19H19FN6O3/c1-11-23-18-14(20)3-13(4-16(18)29-11)24-19(28)15-5-22-17(6-21-15)26-8-12(9-26)7-25(2)10-27/h3-6,10,12H,7-9H2,1-2H3,(H,24,28). The molecule has 0 saturated carbocycles. The first kappa shape index (κ1) is 18.8. The fourth-order valence-electron chi connectivity index (χ4n) is 3.29. The molecule has 0 bridgehead atoms. The highest BCUT2D eigenvalue weighted by Crippen LogP contribution is 2.24. The fourth-order valence-corrected chi connectivity index (χ4v) is 3.29. The van der Waals surface area contributed by atoms with Crippen molar-refractivity contribution in [3.63, 3.8) is 0 Å². The lowest BCUT2D eigenvalue weighted by Crippen LogP contribution is -2.51. The molecule has 1 N–H and O–H groups in total. The van der Waals surface area contributed by atoms with E-state index in [1.807, 2.05) is 4.90 Å². The molecule has 1 saturated heterocycles. The van der Waals surface area contributed by atoms with Gasteiger partial charge in [0, 0.05) is 51.3 Å². The molecule has 2 amide bonds. The molecule has 4 rings (SSSR count). The summed E-state index contributed by atoms with van der Waals surface area (Å²) in [6.07, 6.45) is 3.71. The largest absolute Gasteiger partial charge is 0.441 e. The van der Waals surface area contributed by atoms with Crippen molar-refractivity contribution in [1.29, 1.82) is 0 Å². The van der Waals surface area contributed by atoms with Crippen LogP contribution in [0.25, 0.3) is 11.1 Å². The number of hydrogen-bond acceptors (Lipinski definition) is 7. The number of benzene rings is 1. The highest BCUT2D eigenvalue weighted by molar-refractivity contribution is 6.03. The van der Waals surface area contributed by atoms with Crippen molar-refractivity contribution in [3.05, 3.63) is 41.9 Å². The number of rotatable bonds is 6. The number of carbonyl (C=O) groups excluding carboxylic acids is 2. The van der Waals surface area contributed by atoms with Gasteiger partial charge >= 0.3 is 0 Å². The van der Waals surface area contributed by atoms with Crippen molar-refractivity contribution in [2.45, 2.75) is 6.92 Å². The summed E-state index contributed by atoms with van der Waals surface area (Å²) in [5.74, 6) is 0.308.